The zero-order valence-electron chi connectivity index (χ0n) is 19.0. The standard InChI is InChI=1S/C26H31NO5/c1-29-22-11-20(12-23(30-2)24(22)31-3)19-4-6-21(7-5-19)27-25(28)32-26-13-16-8-17(14-26)10-18(9-16)15-26/h4-7,11-12,16-18H,8-10,13-15H2,1-3H3,(H,27,28). The van der Waals surface area contributed by atoms with Crippen molar-refractivity contribution in [3.05, 3.63) is 36.4 Å². The fourth-order valence-electron chi connectivity index (χ4n) is 6.49. The van der Waals surface area contributed by atoms with Crippen LogP contribution in [0.2, 0.25) is 0 Å². The number of carbonyl (C=O) groups excluding carboxylic acids is 1. The number of hydrogen-bond acceptors (Lipinski definition) is 5. The van der Waals surface area contributed by atoms with Crippen LogP contribution in [0, 0.1) is 17.8 Å². The largest absolute Gasteiger partial charge is 0.493 e. The lowest BCUT2D eigenvalue weighted by atomic mass is 9.54. The SMILES string of the molecule is COc1cc(-c2ccc(NC(=O)OC34CC5CC(CC(C5)C3)C4)cc2)cc(OC)c1OC. The molecule has 0 aromatic heterocycles. The Morgan fingerprint density at radius 1 is 0.812 bits per heavy atom. The molecule has 4 aliphatic rings. The highest BCUT2D eigenvalue weighted by Crippen LogP contribution is 2.57. The molecule has 4 bridgehead atoms. The van der Waals surface area contributed by atoms with Gasteiger partial charge in [0.25, 0.3) is 0 Å². The summed E-state index contributed by atoms with van der Waals surface area (Å²) in [6.07, 6.45) is 6.74. The second-order valence-corrected chi connectivity index (χ2v) is 9.61. The minimum atomic E-state index is -0.340. The molecule has 6 rings (SSSR count). The summed E-state index contributed by atoms with van der Waals surface area (Å²) in [4.78, 5) is 12.7. The van der Waals surface area contributed by atoms with Gasteiger partial charge in [-0.05, 0) is 91.7 Å². The van der Waals surface area contributed by atoms with Crippen LogP contribution >= 0.6 is 0 Å². The molecule has 4 fully saturated rings. The molecule has 170 valence electrons. The number of nitrogens with one attached hydrogen (secondary N) is 1. The van der Waals surface area contributed by atoms with Gasteiger partial charge in [0.15, 0.2) is 11.5 Å². The van der Waals surface area contributed by atoms with Crippen LogP contribution in [-0.4, -0.2) is 33.0 Å². The lowest BCUT2D eigenvalue weighted by Gasteiger charge is -2.55. The van der Waals surface area contributed by atoms with Crippen molar-refractivity contribution in [3.8, 4) is 28.4 Å². The van der Waals surface area contributed by atoms with Gasteiger partial charge in [0, 0.05) is 5.69 Å². The van der Waals surface area contributed by atoms with Gasteiger partial charge in [-0.3, -0.25) is 5.32 Å². The maximum absolute atomic E-state index is 12.7. The van der Waals surface area contributed by atoms with Crippen molar-refractivity contribution < 1.29 is 23.7 Å². The third-order valence-electron chi connectivity index (χ3n) is 7.42. The molecule has 1 N–H and O–H groups in total. The van der Waals surface area contributed by atoms with E-state index < -0.39 is 0 Å². The van der Waals surface area contributed by atoms with Crippen molar-refractivity contribution in [3.63, 3.8) is 0 Å². The molecule has 0 aliphatic heterocycles. The van der Waals surface area contributed by atoms with Gasteiger partial charge in [-0.2, -0.15) is 0 Å². The molecule has 0 radical (unpaired) electrons. The molecule has 2 aromatic rings. The lowest BCUT2D eigenvalue weighted by molar-refractivity contribution is -0.124. The summed E-state index contributed by atoms with van der Waals surface area (Å²) in [7, 11) is 4.79. The Morgan fingerprint density at radius 3 is 1.81 bits per heavy atom. The van der Waals surface area contributed by atoms with Crippen molar-refractivity contribution in [1.82, 2.24) is 0 Å². The van der Waals surface area contributed by atoms with E-state index in [2.05, 4.69) is 5.32 Å². The van der Waals surface area contributed by atoms with Crippen molar-refractivity contribution in [2.75, 3.05) is 26.6 Å². The van der Waals surface area contributed by atoms with Gasteiger partial charge in [-0.1, -0.05) is 12.1 Å². The molecule has 6 nitrogen and oxygen atoms in total. The first-order chi connectivity index (χ1) is 15.5. The Kier molecular flexibility index (Phi) is 5.39. The number of carbonyl (C=O) groups is 1. The Bertz CT molecular complexity index is 939. The molecule has 4 saturated carbocycles. The van der Waals surface area contributed by atoms with Crippen molar-refractivity contribution in [2.45, 2.75) is 44.1 Å². The zero-order chi connectivity index (χ0) is 22.3. The molecule has 0 heterocycles. The maximum atomic E-state index is 12.7. The highest BCUT2D eigenvalue weighted by Gasteiger charge is 2.53. The number of methoxy groups -OCH3 is 3. The van der Waals surface area contributed by atoms with E-state index in [0.29, 0.717) is 17.2 Å². The van der Waals surface area contributed by atoms with E-state index in [1.807, 2.05) is 36.4 Å². The molecule has 4 aliphatic carbocycles. The molecule has 2 aromatic carbocycles. The molecule has 6 heteroatoms. The summed E-state index contributed by atoms with van der Waals surface area (Å²) >= 11 is 0. The van der Waals surface area contributed by atoms with Crippen LogP contribution in [0.1, 0.15) is 38.5 Å². The minimum absolute atomic E-state index is 0.241. The lowest BCUT2D eigenvalue weighted by Crippen LogP contribution is -2.53. The van der Waals surface area contributed by atoms with Crippen molar-refractivity contribution in [2.24, 2.45) is 17.8 Å². The Morgan fingerprint density at radius 2 is 1.34 bits per heavy atom. The van der Waals surface area contributed by atoms with Crippen LogP contribution in [0.15, 0.2) is 36.4 Å². The molecule has 32 heavy (non-hydrogen) atoms. The number of benzene rings is 2. The summed E-state index contributed by atoms with van der Waals surface area (Å²) in [6, 6.07) is 11.5. The van der Waals surface area contributed by atoms with E-state index >= 15 is 0 Å². The van der Waals surface area contributed by atoms with E-state index in [9.17, 15) is 4.79 Å². The Labute approximate surface area is 189 Å². The number of amides is 1. The van der Waals surface area contributed by atoms with E-state index in [-0.39, 0.29) is 11.7 Å². The Hall–Kier alpha value is -2.89. The topological polar surface area (TPSA) is 66.0 Å². The van der Waals surface area contributed by atoms with E-state index in [1.54, 1.807) is 21.3 Å². The normalized spacial score (nSPS) is 27.7. The second kappa shape index (κ2) is 8.23. The molecule has 0 spiro atoms. The van der Waals surface area contributed by atoms with Gasteiger partial charge < -0.3 is 18.9 Å². The molecule has 0 saturated heterocycles. The highest BCUT2D eigenvalue weighted by molar-refractivity contribution is 5.85. The van der Waals surface area contributed by atoms with Crippen molar-refractivity contribution >= 4 is 11.8 Å². The molecular weight excluding hydrogens is 406 g/mol. The second-order valence-electron chi connectivity index (χ2n) is 9.61. The monoisotopic (exact) mass is 437 g/mol. The van der Waals surface area contributed by atoms with Gasteiger partial charge in [0.1, 0.15) is 5.60 Å². The first-order valence-electron chi connectivity index (χ1n) is 11.4. The van der Waals surface area contributed by atoms with Gasteiger partial charge in [-0.15, -0.1) is 0 Å². The summed E-state index contributed by atoms with van der Waals surface area (Å²) in [5, 5.41) is 2.93. The molecule has 1 amide bonds. The quantitative estimate of drug-likeness (QED) is 0.610. The van der Waals surface area contributed by atoms with Crippen LogP contribution in [0.3, 0.4) is 0 Å². The summed E-state index contributed by atoms with van der Waals surface area (Å²) in [5.74, 6) is 3.99. The van der Waals surface area contributed by atoms with Gasteiger partial charge in [-0.25, -0.2) is 4.79 Å². The van der Waals surface area contributed by atoms with Crippen LogP contribution in [0.5, 0.6) is 17.2 Å². The van der Waals surface area contributed by atoms with E-state index in [4.69, 9.17) is 18.9 Å². The molecule has 0 unspecified atom stereocenters. The first-order valence-corrected chi connectivity index (χ1v) is 11.4. The zero-order valence-corrected chi connectivity index (χ0v) is 19.0. The first kappa shape index (κ1) is 21.0. The smallest absolute Gasteiger partial charge is 0.412 e. The predicted molar refractivity (Wildman–Crippen MR) is 123 cm³/mol. The summed E-state index contributed by atoms with van der Waals surface area (Å²) in [5.41, 5.74) is 2.39. The summed E-state index contributed by atoms with van der Waals surface area (Å²) in [6.45, 7) is 0. The van der Waals surface area contributed by atoms with Crippen molar-refractivity contribution in [1.29, 1.82) is 0 Å². The van der Waals surface area contributed by atoms with Gasteiger partial charge in [0.2, 0.25) is 5.75 Å². The Balaban J connectivity index is 1.28. The average Bonchev–Trinajstić information content (AvgIpc) is 2.77. The number of rotatable bonds is 6. The third kappa shape index (κ3) is 3.87. The highest BCUT2D eigenvalue weighted by atomic mass is 16.6. The predicted octanol–water partition coefficient (Wildman–Crippen LogP) is 5.90. The number of anilines is 1. The van der Waals surface area contributed by atoms with E-state index in [0.717, 1.165) is 53.8 Å². The number of hydrogen-bond donors (Lipinski definition) is 1. The van der Waals surface area contributed by atoms with Crippen LogP contribution < -0.4 is 19.5 Å². The third-order valence-corrected chi connectivity index (χ3v) is 7.42. The summed E-state index contributed by atoms with van der Waals surface area (Å²) < 4.78 is 22.4. The number of ether oxygens (including phenoxy) is 4. The van der Waals surface area contributed by atoms with Gasteiger partial charge in [0.05, 0.1) is 21.3 Å². The molecule has 0 atom stereocenters. The fraction of sp³-hybridized carbons (Fsp3) is 0.500. The van der Waals surface area contributed by atoms with Crippen LogP contribution in [0.4, 0.5) is 10.5 Å². The average molecular weight is 438 g/mol. The van der Waals surface area contributed by atoms with Gasteiger partial charge >= 0.3 is 6.09 Å². The fourth-order valence-corrected chi connectivity index (χ4v) is 6.49. The van der Waals surface area contributed by atoms with Crippen LogP contribution in [0.25, 0.3) is 11.1 Å². The van der Waals surface area contributed by atoms with E-state index in [1.165, 1.54) is 19.3 Å². The molecular formula is C26H31NO5. The van der Waals surface area contributed by atoms with Crippen LogP contribution in [-0.2, 0) is 4.74 Å². The maximum Gasteiger partial charge on any atom is 0.412 e. The minimum Gasteiger partial charge on any atom is -0.493 e.